The van der Waals surface area contributed by atoms with Gasteiger partial charge in [-0.25, -0.2) is 0 Å². The molecule has 0 spiro atoms. The van der Waals surface area contributed by atoms with Crippen molar-refractivity contribution in [3.8, 4) is 10.4 Å². The van der Waals surface area contributed by atoms with Crippen LogP contribution in [0.2, 0.25) is 5.02 Å². The highest BCUT2D eigenvalue weighted by Gasteiger charge is 2.18. The third kappa shape index (κ3) is 4.83. The van der Waals surface area contributed by atoms with Crippen molar-refractivity contribution < 1.29 is 9.90 Å². The molecule has 1 heterocycles. The molecule has 0 amide bonds. The Morgan fingerprint density at radius 1 is 1.23 bits per heavy atom. The van der Waals surface area contributed by atoms with Crippen LogP contribution in [0.3, 0.4) is 0 Å². The van der Waals surface area contributed by atoms with Gasteiger partial charge in [0.25, 0.3) is 0 Å². The third-order valence-corrected chi connectivity index (χ3v) is 4.70. The van der Waals surface area contributed by atoms with Gasteiger partial charge in [-0.1, -0.05) is 37.6 Å². The van der Waals surface area contributed by atoms with Crippen LogP contribution in [0.1, 0.15) is 25.1 Å². The summed E-state index contributed by atoms with van der Waals surface area (Å²) in [5.74, 6) is -0.440. The van der Waals surface area contributed by atoms with Crippen LogP contribution in [-0.2, 0) is 11.3 Å². The van der Waals surface area contributed by atoms with Crippen LogP contribution in [0.4, 0.5) is 0 Å². The zero-order valence-electron chi connectivity index (χ0n) is 12.7. The second-order valence-electron chi connectivity index (χ2n) is 5.67. The topological polar surface area (TPSA) is 49.3 Å². The van der Waals surface area contributed by atoms with Crippen molar-refractivity contribution in [3.05, 3.63) is 46.3 Å². The molecule has 0 fully saturated rings. The van der Waals surface area contributed by atoms with Crippen LogP contribution in [0.25, 0.3) is 10.4 Å². The molecular weight excluding hydrogens is 318 g/mol. The Labute approximate surface area is 139 Å². The number of halogens is 1. The number of carboxylic acid groups (broad SMARTS) is 1. The van der Waals surface area contributed by atoms with Crippen molar-refractivity contribution >= 4 is 28.9 Å². The predicted molar refractivity (Wildman–Crippen MR) is 92.5 cm³/mol. The summed E-state index contributed by atoms with van der Waals surface area (Å²) in [5.41, 5.74) is 1.12. The SMILES string of the molecule is CC(C)CC(NCc1ccc(-c2ccc(Cl)cc2)s1)C(=O)O. The molecule has 0 aliphatic rings. The van der Waals surface area contributed by atoms with Crippen LogP contribution >= 0.6 is 22.9 Å². The van der Waals surface area contributed by atoms with Gasteiger partial charge in [-0.3, -0.25) is 10.1 Å². The van der Waals surface area contributed by atoms with E-state index in [9.17, 15) is 9.90 Å². The van der Waals surface area contributed by atoms with E-state index >= 15 is 0 Å². The summed E-state index contributed by atoms with van der Waals surface area (Å²) in [6.07, 6.45) is 0.630. The zero-order valence-corrected chi connectivity index (χ0v) is 14.2. The Balaban J connectivity index is 1.99. The standard InChI is InChI=1S/C17H20ClNO2S/c1-11(2)9-15(17(20)21)19-10-14-7-8-16(22-14)12-3-5-13(18)6-4-12/h3-8,11,15,19H,9-10H2,1-2H3,(H,20,21). The Kier molecular flexibility index (Phi) is 6.00. The van der Waals surface area contributed by atoms with E-state index in [-0.39, 0.29) is 0 Å². The Bertz CT molecular complexity index is 622. The molecule has 0 bridgehead atoms. The van der Waals surface area contributed by atoms with Gasteiger partial charge in [0.15, 0.2) is 0 Å². The maximum atomic E-state index is 11.2. The molecule has 1 unspecified atom stereocenters. The van der Waals surface area contributed by atoms with Crippen molar-refractivity contribution in [2.24, 2.45) is 5.92 Å². The summed E-state index contributed by atoms with van der Waals surface area (Å²) in [5, 5.41) is 13.1. The molecule has 2 rings (SSSR count). The van der Waals surface area contributed by atoms with Crippen molar-refractivity contribution in [3.63, 3.8) is 0 Å². The molecule has 0 saturated heterocycles. The maximum Gasteiger partial charge on any atom is 0.320 e. The molecule has 0 radical (unpaired) electrons. The lowest BCUT2D eigenvalue weighted by Gasteiger charge is -2.15. The minimum absolute atomic E-state index is 0.349. The van der Waals surface area contributed by atoms with E-state index < -0.39 is 12.0 Å². The first-order valence-electron chi connectivity index (χ1n) is 7.26. The average molecular weight is 338 g/mol. The number of hydrogen-bond donors (Lipinski definition) is 2. The molecule has 2 aromatic rings. The molecule has 0 aliphatic carbocycles. The fraction of sp³-hybridized carbons (Fsp3) is 0.353. The lowest BCUT2D eigenvalue weighted by atomic mass is 10.0. The average Bonchev–Trinajstić information content (AvgIpc) is 2.92. The number of carboxylic acids is 1. The lowest BCUT2D eigenvalue weighted by molar-refractivity contribution is -0.140. The monoisotopic (exact) mass is 337 g/mol. The van der Waals surface area contributed by atoms with E-state index in [1.165, 1.54) is 0 Å². The Hall–Kier alpha value is -1.36. The molecule has 1 aromatic heterocycles. The summed E-state index contributed by atoms with van der Waals surface area (Å²) in [7, 11) is 0. The van der Waals surface area contributed by atoms with Crippen molar-refractivity contribution in [2.45, 2.75) is 32.9 Å². The number of nitrogens with one attached hydrogen (secondary N) is 1. The van der Waals surface area contributed by atoms with Gasteiger partial charge in [0.05, 0.1) is 0 Å². The molecule has 1 aromatic carbocycles. The van der Waals surface area contributed by atoms with Gasteiger partial charge < -0.3 is 5.11 Å². The minimum Gasteiger partial charge on any atom is -0.480 e. The number of thiophene rings is 1. The molecule has 3 nitrogen and oxygen atoms in total. The highest BCUT2D eigenvalue weighted by Crippen LogP contribution is 2.29. The normalized spacial score (nSPS) is 12.5. The molecule has 1 atom stereocenters. The van der Waals surface area contributed by atoms with Crippen LogP contribution in [-0.4, -0.2) is 17.1 Å². The number of benzene rings is 1. The summed E-state index contributed by atoms with van der Waals surface area (Å²) in [4.78, 5) is 13.5. The molecular formula is C17H20ClNO2S. The second kappa shape index (κ2) is 7.77. The molecule has 118 valence electrons. The Morgan fingerprint density at radius 2 is 1.91 bits per heavy atom. The summed E-state index contributed by atoms with van der Waals surface area (Å²) in [6.45, 7) is 4.63. The number of carbonyl (C=O) groups is 1. The summed E-state index contributed by atoms with van der Waals surface area (Å²) in [6, 6.07) is 11.3. The summed E-state index contributed by atoms with van der Waals surface area (Å²) >= 11 is 7.56. The number of aliphatic carboxylic acids is 1. The fourth-order valence-corrected chi connectivity index (χ4v) is 3.30. The first-order chi connectivity index (χ1) is 10.5. The van der Waals surface area contributed by atoms with Crippen LogP contribution < -0.4 is 5.32 Å². The highest BCUT2D eigenvalue weighted by molar-refractivity contribution is 7.15. The molecule has 0 saturated carbocycles. The van der Waals surface area contributed by atoms with Gasteiger partial charge >= 0.3 is 5.97 Å². The van der Waals surface area contributed by atoms with E-state index in [0.717, 1.165) is 20.3 Å². The maximum absolute atomic E-state index is 11.2. The first-order valence-corrected chi connectivity index (χ1v) is 8.46. The lowest BCUT2D eigenvalue weighted by Crippen LogP contribution is -2.37. The minimum atomic E-state index is -0.789. The quantitative estimate of drug-likeness (QED) is 0.772. The molecule has 0 aliphatic heterocycles. The van der Waals surface area contributed by atoms with Gasteiger partial charge in [-0.2, -0.15) is 0 Å². The van der Waals surface area contributed by atoms with Crippen molar-refractivity contribution in [2.75, 3.05) is 0 Å². The van der Waals surface area contributed by atoms with E-state index in [2.05, 4.69) is 11.4 Å². The van der Waals surface area contributed by atoms with E-state index in [1.807, 2.05) is 44.2 Å². The fourth-order valence-electron chi connectivity index (χ4n) is 2.21. The Morgan fingerprint density at radius 3 is 2.50 bits per heavy atom. The number of hydrogen-bond acceptors (Lipinski definition) is 3. The van der Waals surface area contributed by atoms with Gasteiger partial charge in [-0.05, 0) is 42.2 Å². The highest BCUT2D eigenvalue weighted by atomic mass is 35.5. The third-order valence-electron chi connectivity index (χ3n) is 3.32. The van der Waals surface area contributed by atoms with Gasteiger partial charge in [0, 0.05) is 21.3 Å². The second-order valence-corrected chi connectivity index (χ2v) is 7.28. The largest absolute Gasteiger partial charge is 0.480 e. The van der Waals surface area contributed by atoms with Gasteiger partial charge in [0.2, 0.25) is 0 Å². The van der Waals surface area contributed by atoms with Gasteiger partial charge in [0.1, 0.15) is 6.04 Å². The van der Waals surface area contributed by atoms with Crippen LogP contribution in [0.15, 0.2) is 36.4 Å². The van der Waals surface area contributed by atoms with E-state index in [0.29, 0.717) is 18.9 Å². The van der Waals surface area contributed by atoms with E-state index in [4.69, 9.17) is 11.6 Å². The van der Waals surface area contributed by atoms with Gasteiger partial charge in [-0.15, -0.1) is 11.3 Å². The number of rotatable bonds is 7. The van der Waals surface area contributed by atoms with Crippen molar-refractivity contribution in [1.29, 1.82) is 0 Å². The molecule has 5 heteroatoms. The predicted octanol–water partition coefficient (Wildman–Crippen LogP) is 4.66. The molecule has 2 N–H and O–H groups in total. The van der Waals surface area contributed by atoms with Crippen LogP contribution in [0, 0.1) is 5.92 Å². The molecule has 22 heavy (non-hydrogen) atoms. The van der Waals surface area contributed by atoms with Crippen LogP contribution in [0.5, 0.6) is 0 Å². The smallest absolute Gasteiger partial charge is 0.320 e. The van der Waals surface area contributed by atoms with E-state index in [1.54, 1.807) is 11.3 Å². The van der Waals surface area contributed by atoms with Crippen molar-refractivity contribution in [1.82, 2.24) is 5.32 Å². The summed E-state index contributed by atoms with van der Waals surface area (Å²) < 4.78 is 0. The zero-order chi connectivity index (χ0) is 16.1. The first kappa shape index (κ1) is 17.0.